The van der Waals surface area contributed by atoms with E-state index in [1.165, 1.54) is 0 Å². The first kappa shape index (κ1) is 24.6. The normalized spacial score (nSPS) is 10.7. The van der Waals surface area contributed by atoms with E-state index in [0.717, 1.165) is 33.3 Å². The van der Waals surface area contributed by atoms with Crippen molar-refractivity contribution in [1.82, 2.24) is 9.97 Å². The fraction of sp³-hybridized carbons (Fsp3) is 0.0968. The number of nitrogens with zero attached hydrogens (tertiary/aromatic N) is 2. The number of hydrogen-bond donors (Lipinski definition) is 2. The van der Waals surface area contributed by atoms with Gasteiger partial charge in [-0.2, -0.15) is 0 Å². The van der Waals surface area contributed by atoms with Crippen LogP contribution in [0.25, 0.3) is 22.0 Å². The van der Waals surface area contributed by atoms with E-state index in [1.807, 2.05) is 61.5 Å². The summed E-state index contributed by atoms with van der Waals surface area (Å²) in [5.74, 6) is -0.243. The third-order valence-electron chi connectivity index (χ3n) is 6.10. The van der Waals surface area contributed by atoms with Gasteiger partial charge in [-0.15, -0.1) is 0 Å². The molecule has 7 heteroatoms. The van der Waals surface area contributed by atoms with Crippen molar-refractivity contribution in [2.75, 3.05) is 17.2 Å². The lowest BCUT2D eigenvalue weighted by Gasteiger charge is -2.13. The summed E-state index contributed by atoms with van der Waals surface area (Å²) in [7, 11) is 0. The van der Waals surface area contributed by atoms with Gasteiger partial charge in [0.25, 0.3) is 5.91 Å². The van der Waals surface area contributed by atoms with Gasteiger partial charge in [-0.05, 0) is 61.4 Å². The molecule has 2 N–H and O–H groups in total. The Morgan fingerprint density at radius 1 is 0.868 bits per heavy atom. The number of anilines is 3. The number of carbonyl (C=O) groups is 2. The molecule has 0 fully saturated rings. The van der Waals surface area contributed by atoms with Gasteiger partial charge in [0.15, 0.2) is 0 Å². The molecule has 0 aliphatic heterocycles. The number of nitrogens with one attached hydrogen (secondary N) is 2. The third kappa shape index (κ3) is 5.37. The van der Waals surface area contributed by atoms with E-state index >= 15 is 0 Å². The number of para-hydroxylation sites is 1. The molecule has 5 aromatic rings. The first-order valence-corrected chi connectivity index (χ1v) is 12.3. The molecular formula is C31H26N4O3. The number of carbonyl (C=O) groups excluding carboxylic acids is 2. The number of aryl methyl sites for hydroxylation is 1. The van der Waals surface area contributed by atoms with E-state index in [4.69, 9.17) is 9.72 Å². The zero-order valence-corrected chi connectivity index (χ0v) is 21.1. The molecule has 0 radical (unpaired) electrons. The Labute approximate surface area is 220 Å². The van der Waals surface area contributed by atoms with Crippen LogP contribution in [0.2, 0.25) is 0 Å². The summed E-state index contributed by atoms with van der Waals surface area (Å²) in [5, 5.41) is 7.16. The van der Waals surface area contributed by atoms with Gasteiger partial charge >= 0.3 is 5.97 Å². The van der Waals surface area contributed by atoms with Crippen molar-refractivity contribution in [2.24, 2.45) is 0 Å². The number of esters is 1. The van der Waals surface area contributed by atoms with Gasteiger partial charge in [-0.3, -0.25) is 4.79 Å². The van der Waals surface area contributed by atoms with Gasteiger partial charge in [0.2, 0.25) is 5.95 Å². The Morgan fingerprint density at radius 2 is 1.63 bits per heavy atom. The molecule has 0 saturated heterocycles. The summed E-state index contributed by atoms with van der Waals surface area (Å²) >= 11 is 0. The third-order valence-corrected chi connectivity index (χ3v) is 6.10. The van der Waals surface area contributed by atoms with Crippen molar-refractivity contribution < 1.29 is 14.3 Å². The highest BCUT2D eigenvalue weighted by Gasteiger charge is 2.12. The maximum Gasteiger partial charge on any atom is 0.338 e. The molecule has 0 spiro atoms. The number of rotatable bonds is 7. The van der Waals surface area contributed by atoms with Crippen molar-refractivity contribution in [3.63, 3.8) is 0 Å². The summed E-state index contributed by atoms with van der Waals surface area (Å²) in [6, 6.07) is 28.2. The van der Waals surface area contributed by atoms with Crippen LogP contribution in [0.3, 0.4) is 0 Å². The molecule has 7 nitrogen and oxygen atoms in total. The predicted octanol–water partition coefficient (Wildman–Crippen LogP) is 6.78. The fourth-order valence-corrected chi connectivity index (χ4v) is 4.10. The molecule has 38 heavy (non-hydrogen) atoms. The van der Waals surface area contributed by atoms with Crippen molar-refractivity contribution in [3.8, 4) is 11.1 Å². The molecule has 1 heterocycles. The molecule has 0 bridgehead atoms. The molecule has 0 atom stereocenters. The molecule has 0 aliphatic carbocycles. The van der Waals surface area contributed by atoms with Crippen LogP contribution in [-0.2, 0) is 4.74 Å². The number of ether oxygens (including phenoxy) is 1. The van der Waals surface area contributed by atoms with E-state index in [2.05, 4.69) is 27.8 Å². The van der Waals surface area contributed by atoms with Gasteiger partial charge in [0.05, 0.1) is 17.7 Å². The predicted molar refractivity (Wildman–Crippen MR) is 150 cm³/mol. The van der Waals surface area contributed by atoms with Crippen LogP contribution in [0.5, 0.6) is 0 Å². The highest BCUT2D eigenvalue weighted by Crippen LogP contribution is 2.29. The van der Waals surface area contributed by atoms with Crippen LogP contribution in [0, 0.1) is 6.92 Å². The summed E-state index contributed by atoms with van der Waals surface area (Å²) in [6.07, 6.45) is 1.80. The SMILES string of the molecule is CCOC(=O)c1ccc(C(=O)Nc2cc(Nc3ncc4cccc(-c5ccccc5)c4n3)ccc2C)cc1. The zero-order valence-electron chi connectivity index (χ0n) is 21.1. The molecule has 0 unspecified atom stereocenters. The second-order valence-corrected chi connectivity index (χ2v) is 8.71. The maximum atomic E-state index is 12.9. The summed E-state index contributed by atoms with van der Waals surface area (Å²) in [4.78, 5) is 34.0. The van der Waals surface area contributed by atoms with Crippen molar-refractivity contribution >= 4 is 40.1 Å². The minimum Gasteiger partial charge on any atom is -0.462 e. The molecule has 0 aliphatic rings. The first-order valence-electron chi connectivity index (χ1n) is 12.3. The highest BCUT2D eigenvalue weighted by atomic mass is 16.5. The maximum absolute atomic E-state index is 12.9. The van der Waals surface area contributed by atoms with Gasteiger partial charge < -0.3 is 15.4 Å². The number of hydrogen-bond acceptors (Lipinski definition) is 6. The van der Waals surface area contributed by atoms with E-state index in [1.54, 1.807) is 37.4 Å². The lowest BCUT2D eigenvalue weighted by Crippen LogP contribution is -2.13. The molecule has 5 rings (SSSR count). The van der Waals surface area contributed by atoms with Gasteiger partial charge in [0.1, 0.15) is 0 Å². The average molecular weight is 503 g/mol. The van der Waals surface area contributed by atoms with Crippen LogP contribution >= 0.6 is 0 Å². The Morgan fingerprint density at radius 3 is 2.39 bits per heavy atom. The monoisotopic (exact) mass is 502 g/mol. The Kier molecular flexibility index (Phi) is 7.08. The Balaban J connectivity index is 1.36. The highest BCUT2D eigenvalue weighted by molar-refractivity contribution is 6.05. The summed E-state index contributed by atoms with van der Waals surface area (Å²) in [5.41, 5.74) is 6.08. The number of amides is 1. The van der Waals surface area contributed by atoms with E-state index in [0.29, 0.717) is 29.4 Å². The Bertz CT molecular complexity index is 1620. The minimum atomic E-state index is -0.416. The average Bonchev–Trinajstić information content (AvgIpc) is 2.95. The van der Waals surface area contributed by atoms with Crippen molar-refractivity contribution in [2.45, 2.75) is 13.8 Å². The van der Waals surface area contributed by atoms with Gasteiger partial charge in [-0.25, -0.2) is 14.8 Å². The van der Waals surface area contributed by atoms with Crippen LogP contribution in [0.4, 0.5) is 17.3 Å². The molecule has 4 aromatic carbocycles. The topological polar surface area (TPSA) is 93.2 Å². The molecule has 188 valence electrons. The lowest BCUT2D eigenvalue weighted by molar-refractivity contribution is 0.0526. The molecule has 0 saturated carbocycles. The second-order valence-electron chi connectivity index (χ2n) is 8.71. The van der Waals surface area contributed by atoms with Gasteiger partial charge in [-0.1, -0.05) is 54.6 Å². The largest absolute Gasteiger partial charge is 0.462 e. The fourth-order valence-electron chi connectivity index (χ4n) is 4.10. The smallest absolute Gasteiger partial charge is 0.338 e. The van der Waals surface area contributed by atoms with Crippen LogP contribution in [0.15, 0.2) is 97.2 Å². The molecule has 1 amide bonds. The summed E-state index contributed by atoms with van der Waals surface area (Å²) < 4.78 is 5.00. The second kappa shape index (κ2) is 10.9. The number of fused-ring (bicyclic) bond motifs is 1. The standard InChI is InChI=1S/C31H26N4O3/c1-3-38-30(37)23-15-13-22(14-16-23)29(36)34-27-18-25(17-12-20(27)2)33-31-32-19-24-10-7-11-26(28(24)35-31)21-8-5-4-6-9-21/h4-19H,3H2,1-2H3,(H,34,36)(H,32,33,35). The molecule has 1 aromatic heterocycles. The number of benzene rings is 4. The quantitative estimate of drug-likeness (QED) is 0.238. The number of aromatic nitrogens is 2. The van der Waals surface area contributed by atoms with E-state index in [9.17, 15) is 9.59 Å². The van der Waals surface area contributed by atoms with Crippen LogP contribution in [0.1, 0.15) is 33.2 Å². The van der Waals surface area contributed by atoms with Crippen molar-refractivity contribution in [3.05, 3.63) is 114 Å². The Hall–Kier alpha value is -5.04. The molecular weight excluding hydrogens is 476 g/mol. The lowest BCUT2D eigenvalue weighted by atomic mass is 10.0. The van der Waals surface area contributed by atoms with Crippen LogP contribution in [-0.4, -0.2) is 28.5 Å². The summed E-state index contributed by atoms with van der Waals surface area (Å²) in [6.45, 7) is 3.96. The first-order chi connectivity index (χ1) is 18.5. The zero-order chi connectivity index (χ0) is 26.5. The van der Waals surface area contributed by atoms with E-state index < -0.39 is 5.97 Å². The van der Waals surface area contributed by atoms with Crippen LogP contribution < -0.4 is 10.6 Å². The van der Waals surface area contributed by atoms with Crippen molar-refractivity contribution in [1.29, 1.82) is 0 Å². The van der Waals surface area contributed by atoms with Gasteiger partial charge in [0, 0.05) is 34.1 Å². The minimum absolute atomic E-state index is 0.282. The van der Waals surface area contributed by atoms with E-state index in [-0.39, 0.29) is 5.91 Å².